The van der Waals surface area contributed by atoms with E-state index >= 15 is 0 Å². The molecular weight excluding hydrogens is 295 g/mol. The van der Waals surface area contributed by atoms with E-state index in [0.29, 0.717) is 0 Å². The van der Waals surface area contributed by atoms with E-state index in [1.165, 1.54) is 0 Å². The molecule has 0 amide bonds. The first kappa shape index (κ1) is 5.22. The molecule has 0 fully saturated rings. The minimum Gasteiger partial charge on any atom is -0.0843 e. The summed E-state index contributed by atoms with van der Waals surface area (Å²) in [5.74, 6) is 0. The molecule has 15 heavy (non-hydrogen) atoms. The summed E-state index contributed by atoms with van der Waals surface area (Å²) in [7, 11) is 0. The Morgan fingerprint density at radius 3 is 2.20 bits per heavy atom. The third-order valence-electron chi connectivity index (χ3n) is 1.53. The minimum absolute atomic E-state index is 0.00955. The molecule has 0 atom stereocenters. The molecule has 3 heteroatoms. The van der Waals surface area contributed by atoms with Crippen molar-refractivity contribution in [2.24, 2.45) is 0 Å². The van der Waals surface area contributed by atoms with Gasteiger partial charge in [0, 0.05) is 14.5 Å². The largest absolute Gasteiger partial charge is 0.0843 e. The number of rotatable bonds is 1. The zero-order valence-corrected chi connectivity index (χ0v) is 10.2. The molecule has 0 N–H and O–H groups in total. The summed E-state index contributed by atoms with van der Waals surface area (Å²) in [6.07, 6.45) is 0. The summed E-state index contributed by atoms with van der Waals surface area (Å²) >= 11 is 14.7. The molecule has 2 aromatic rings. The topological polar surface area (TPSA) is 0 Å². The lowest BCUT2D eigenvalue weighted by Gasteiger charge is -2.03. The second kappa shape index (κ2) is 4.56. The number of hydrogen-bond donors (Lipinski definition) is 0. The van der Waals surface area contributed by atoms with Gasteiger partial charge in [0.05, 0.1) is 9.60 Å². The van der Waals surface area contributed by atoms with E-state index in [0.717, 1.165) is 0 Å². The van der Waals surface area contributed by atoms with Crippen LogP contribution in [0.3, 0.4) is 0 Å². The highest BCUT2D eigenvalue weighted by Crippen LogP contribution is 2.28. The number of benzene rings is 2. The molecule has 0 spiro atoms. The fraction of sp³-hybridized carbons (Fsp3) is 0. The Bertz CT molecular complexity index is 682. The Labute approximate surface area is 117 Å². The van der Waals surface area contributed by atoms with Gasteiger partial charge in [0.15, 0.2) is 0 Å². The van der Waals surface area contributed by atoms with Gasteiger partial charge in [0.25, 0.3) is 0 Å². The SMILES string of the molecule is [2H]c1c([2H])c(-c2c([2H])c(Cl)c([2H])c(Br)c2[2H])c([2H])c([2H])c1Cl. The van der Waals surface area contributed by atoms with Crippen LogP contribution in [0.2, 0.25) is 10.0 Å². The molecule has 0 bridgehead atoms. The van der Waals surface area contributed by atoms with Crippen LogP contribution in [0.1, 0.15) is 9.60 Å². The third-order valence-corrected chi connectivity index (χ3v) is 2.31. The molecule has 2 aromatic carbocycles. The molecule has 0 heterocycles. The van der Waals surface area contributed by atoms with Gasteiger partial charge in [-0.3, -0.25) is 0 Å². The van der Waals surface area contributed by atoms with Crippen molar-refractivity contribution in [2.75, 3.05) is 0 Å². The maximum Gasteiger partial charge on any atom is 0.0650 e. The van der Waals surface area contributed by atoms with E-state index in [1.54, 1.807) is 0 Å². The predicted molar refractivity (Wildman–Crippen MR) is 69.6 cm³/mol. The van der Waals surface area contributed by atoms with E-state index in [9.17, 15) is 0 Å². The summed E-state index contributed by atoms with van der Waals surface area (Å²) in [5, 5.41) is -0.580. The van der Waals surface area contributed by atoms with Crippen LogP contribution in [-0.4, -0.2) is 0 Å². The molecule has 2 rings (SSSR count). The smallest absolute Gasteiger partial charge is 0.0650 e. The average Bonchev–Trinajstić information content (AvgIpc) is 2.50. The fourth-order valence-corrected chi connectivity index (χ4v) is 1.75. The minimum atomic E-state index is -0.464. The van der Waals surface area contributed by atoms with Gasteiger partial charge in [-0.25, -0.2) is 0 Å². The maximum atomic E-state index is 8.03. The second-order valence-electron chi connectivity index (χ2n) is 2.57. The lowest BCUT2D eigenvalue weighted by molar-refractivity contribution is 1.59. The van der Waals surface area contributed by atoms with Crippen LogP contribution >= 0.6 is 39.1 Å². The van der Waals surface area contributed by atoms with Crippen LogP contribution in [0.15, 0.2) is 46.8 Å². The van der Waals surface area contributed by atoms with Crippen LogP contribution in [0.5, 0.6) is 0 Å². The first-order chi connectivity index (χ1) is 10.1. The standard InChI is InChI=1S/C12H7BrCl2/c13-10-5-9(6-12(15)7-10)8-1-3-11(14)4-2-8/h1-7H/i1D,2D,3D,4D,5D,6D,7D. The first-order valence-electron chi connectivity index (χ1n) is 7.32. The molecule has 0 aliphatic heterocycles. The summed E-state index contributed by atoms with van der Waals surface area (Å²) in [4.78, 5) is 0. The van der Waals surface area contributed by atoms with Crippen molar-refractivity contribution < 1.29 is 9.60 Å². The molecule has 0 aliphatic rings. The normalized spacial score (nSPS) is 16.9. The quantitative estimate of drug-likeness (QED) is 0.659. The monoisotopic (exact) mass is 307 g/mol. The highest BCUT2D eigenvalue weighted by Gasteiger charge is 2.00. The van der Waals surface area contributed by atoms with Crippen LogP contribution in [0.4, 0.5) is 0 Å². The summed E-state index contributed by atoms with van der Waals surface area (Å²) in [6, 6.07) is -2.80. The van der Waals surface area contributed by atoms with E-state index in [-0.39, 0.29) is 37.7 Å². The highest BCUT2D eigenvalue weighted by molar-refractivity contribution is 9.10. The van der Waals surface area contributed by atoms with Crippen molar-refractivity contribution in [3.05, 3.63) is 56.8 Å². The van der Waals surface area contributed by atoms with Gasteiger partial charge in [0.1, 0.15) is 0 Å². The Hall–Kier alpha value is -0.500. The molecule has 0 radical (unpaired) electrons. The molecule has 0 nitrogen and oxygen atoms in total. The Morgan fingerprint density at radius 1 is 0.867 bits per heavy atom. The van der Waals surface area contributed by atoms with Crippen LogP contribution in [-0.2, 0) is 0 Å². The van der Waals surface area contributed by atoms with E-state index in [4.69, 9.17) is 32.8 Å². The molecular formula is C12H7BrCl2. The zero-order valence-electron chi connectivity index (χ0n) is 14.1. The van der Waals surface area contributed by atoms with Crippen molar-refractivity contribution in [2.45, 2.75) is 0 Å². The van der Waals surface area contributed by atoms with Crippen molar-refractivity contribution in [1.29, 1.82) is 0 Å². The predicted octanol–water partition coefficient (Wildman–Crippen LogP) is 5.42. The Kier molecular flexibility index (Phi) is 1.59. The van der Waals surface area contributed by atoms with E-state index < -0.39 is 30.2 Å². The molecule has 0 aliphatic carbocycles. The number of hydrogen-bond acceptors (Lipinski definition) is 0. The third kappa shape index (κ3) is 2.75. The van der Waals surface area contributed by atoms with Crippen LogP contribution < -0.4 is 0 Å². The van der Waals surface area contributed by atoms with Gasteiger partial charge in [-0.2, -0.15) is 0 Å². The van der Waals surface area contributed by atoms with Gasteiger partial charge in [-0.05, 0) is 41.3 Å². The molecule has 0 saturated heterocycles. The molecule has 0 saturated carbocycles. The second-order valence-corrected chi connectivity index (χ2v) is 4.12. The van der Waals surface area contributed by atoms with Gasteiger partial charge in [0.2, 0.25) is 0 Å². The van der Waals surface area contributed by atoms with Crippen molar-refractivity contribution in [3.8, 4) is 11.1 Å². The van der Waals surface area contributed by atoms with Gasteiger partial charge >= 0.3 is 0 Å². The molecule has 0 aromatic heterocycles. The lowest BCUT2D eigenvalue weighted by atomic mass is 10.1. The lowest BCUT2D eigenvalue weighted by Crippen LogP contribution is -1.78. The van der Waals surface area contributed by atoms with E-state index in [1.807, 2.05) is 0 Å². The first-order valence-corrected chi connectivity index (χ1v) is 5.37. The van der Waals surface area contributed by atoms with Gasteiger partial charge < -0.3 is 0 Å². The Morgan fingerprint density at radius 2 is 1.53 bits per heavy atom. The Balaban J connectivity index is 3.03. The van der Waals surface area contributed by atoms with Crippen LogP contribution in [0, 0.1) is 0 Å². The fourth-order valence-electron chi connectivity index (χ4n) is 0.957. The molecule has 76 valence electrons. The van der Waals surface area contributed by atoms with Gasteiger partial charge in [-0.1, -0.05) is 51.2 Å². The summed E-state index contributed by atoms with van der Waals surface area (Å²) < 4.78 is 55.1. The summed E-state index contributed by atoms with van der Waals surface area (Å²) in [6.45, 7) is 0. The zero-order chi connectivity index (χ0) is 16.9. The molecule has 0 unspecified atom stereocenters. The highest BCUT2D eigenvalue weighted by atomic mass is 79.9. The van der Waals surface area contributed by atoms with Crippen molar-refractivity contribution in [1.82, 2.24) is 0 Å². The number of halogens is 3. The maximum absolute atomic E-state index is 8.03. The van der Waals surface area contributed by atoms with Crippen LogP contribution in [0.25, 0.3) is 11.1 Å². The van der Waals surface area contributed by atoms with E-state index in [2.05, 4.69) is 15.9 Å². The summed E-state index contributed by atoms with van der Waals surface area (Å²) in [5.41, 5.74) is -0.418. The van der Waals surface area contributed by atoms with Crippen molar-refractivity contribution in [3.63, 3.8) is 0 Å². The van der Waals surface area contributed by atoms with Crippen molar-refractivity contribution >= 4 is 39.1 Å². The average molecular weight is 309 g/mol. The van der Waals surface area contributed by atoms with Gasteiger partial charge in [-0.15, -0.1) is 0 Å².